The summed E-state index contributed by atoms with van der Waals surface area (Å²) in [6, 6.07) is 17.2. The van der Waals surface area contributed by atoms with E-state index in [1.807, 2.05) is 0 Å². The van der Waals surface area contributed by atoms with Crippen LogP contribution >= 0.6 is 0 Å². The molecule has 0 saturated heterocycles. The fraction of sp³-hybridized carbons (Fsp3) is 0.556. The van der Waals surface area contributed by atoms with Crippen molar-refractivity contribution in [1.29, 1.82) is 0 Å². The fourth-order valence-corrected chi connectivity index (χ4v) is 3.54. The molecule has 2 nitrogen and oxygen atoms in total. The molecule has 0 aliphatic carbocycles. The van der Waals surface area contributed by atoms with Crippen molar-refractivity contribution in [3.8, 4) is 11.5 Å². The molecule has 2 heteroatoms. The van der Waals surface area contributed by atoms with E-state index >= 15 is 0 Å². The molecule has 0 fully saturated rings. The van der Waals surface area contributed by atoms with Crippen molar-refractivity contribution in [3.05, 3.63) is 59.7 Å². The molecule has 0 saturated carbocycles. The van der Waals surface area contributed by atoms with Crippen LogP contribution in [0, 0.1) is 0 Å². The van der Waals surface area contributed by atoms with Gasteiger partial charge in [0.05, 0.1) is 13.2 Å². The van der Waals surface area contributed by atoms with Crippen LogP contribution in [0.15, 0.2) is 48.5 Å². The maximum absolute atomic E-state index is 5.89. The van der Waals surface area contributed by atoms with Crippen molar-refractivity contribution in [2.75, 3.05) is 13.2 Å². The molecule has 2 aromatic carbocycles. The number of ether oxygens (including phenoxy) is 2. The highest BCUT2D eigenvalue weighted by atomic mass is 16.5. The van der Waals surface area contributed by atoms with Gasteiger partial charge in [0.15, 0.2) is 0 Å². The maximum atomic E-state index is 5.89. The highest BCUT2D eigenvalue weighted by Gasteiger charge is 2.23. The average molecular weight is 397 g/mol. The zero-order valence-electron chi connectivity index (χ0n) is 19.0. The lowest BCUT2D eigenvalue weighted by atomic mass is 9.78. The Bertz CT molecular complexity index is 611. The molecule has 0 spiro atoms. The number of benzene rings is 2. The Kier molecular flexibility index (Phi) is 10.1. The summed E-state index contributed by atoms with van der Waals surface area (Å²) in [5.74, 6) is 1.93. The predicted octanol–water partition coefficient (Wildman–Crippen LogP) is 7.93. The smallest absolute Gasteiger partial charge is 0.119 e. The Hall–Kier alpha value is -1.96. The molecule has 0 amide bonds. The Morgan fingerprint density at radius 3 is 1.28 bits per heavy atom. The fourth-order valence-electron chi connectivity index (χ4n) is 3.54. The van der Waals surface area contributed by atoms with Crippen LogP contribution < -0.4 is 9.47 Å². The van der Waals surface area contributed by atoms with Gasteiger partial charge in [-0.1, -0.05) is 90.5 Å². The van der Waals surface area contributed by atoms with E-state index in [4.69, 9.17) is 9.47 Å². The molecule has 0 aliphatic rings. The summed E-state index contributed by atoms with van der Waals surface area (Å²) in [7, 11) is 0. The molecule has 0 bridgehead atoms. The van der Waals surface area contributed by atoms with Crippen LogP contribution in [-0.2, 0) is 5.41 Å². The molecule has 0 N–H and O–H groups in total. The first-order chi connectivity index (χ1) is 14.1. The monoisotopic (exact) mass is 396 g/mol. The zero-order chi connectivity index (χ0) is 21.0. The van der Waals surface area contributed by atoms with Gasteiger partial charge in [-0.3, -0.25) is 0 Å². The standard InChI is InChI=1S/C27H40O2/c1-5-7-9-11-21-28-25-17-13-23(14-18-25)27(3,4)24-15-19-26(20-16-24)29-22-12-10-8-6-2/h13-20H,5-12,21-22H2,1-4H3. The second-order valence-electron chi connectivity index (χ2n) is 8.49. The number of unbranched alkanes of at least 4 members (excludes halogenated alkanes) is 6. The van der Waals surface area contributed by atoms with E-state index in [-0.39, 0.29) is 5.41 Å². The second kappa shape index (κ2) is 12.6. The number of hydrogen-bond acceptors (Lipinski definition) is 2. The predicted molar refractivity (Wildman–Crippen MR) is 124 cm³/mol. The molecule has 0 atom stereocenters. The molecule has 160 valence electrons. The van der Waals surface area contributed by atoms with E-state index in [9.17, 15) is 0 Å². The molecule has 0 heterocycles. The van der Waals surface area contributed by atoms with E-state index < -0.39 is 0 Å². The zero-order valence-corrected chi connectivity index (χ0v) is 19.0. The highest BCUT2D eigenvalue weighted by Crippen LogP contribution is 2.33. The number of hydrogen-bond donors (Lipinski definition) is 0. The van der Waals surface area contributed by atoms with Crippen LogP contribution in [0.4, 0.5) is 0 Å². The Morgan fingerprint density at radius 1 is 0.552 bits per heavy atom. The quantitative estimate of drug-likeness (QED) is 0.302. The van der Waals surface area contributed by atoms with Crippen LogP contribution in [0.5, 0.6) is 11.5 Å². The second-order valence-corrected chi connectivity index (χ2v) is 8.49. The molecule has 0 radical (unpaired) electrons. The lowest BCUT2D eigenvalue weighted by molar-refractivity contribution is 0.305. The summed E-state index contributed by atoms with van der Waals surface area (Å²) in [6.45, 7) is 10.6. The topological polar surface area (TPSA) is 18.5 Å². The summed E-state index contributed by atoms with van der Waals surface area (Å²) in [5.41, 5.74) is 2.53. The Morgan fingerprint density at radius 2 is 0.931 bits per heavy atom. The van der Waals surface area contributed by atoms with E-state index in [2.05, 4.69) is 76.2 Å². The van der Waals surface area contributed by atoms with E-state index in [0.717, 1.165) is 37.6 Å². The van der Waals surface area contributed by atoms with Crippen LogP contribution in [-0.4, -0.2) is 13.2 Å². The Labute approximate surface area is 178 Å². The van der Waals surface area contributed by atoms with Crippen molar-refractivity contribution in [2.45, 2.75) is 84.5 Å². The lowest BCUT2D eigenvalue weighted by Gasteiger charge is -2.26. The third-order valence-electron chi connectivity index (χ3n) is 5.69. The van der Waals surface area contributed by atoms with Crippen molar-refractivity contribution < 1.29 is 9.47 Å². The summed E-state index contributed by atoms with van der Waals surface area (Å²) >= 11 is 0. The highest BCUT2D eigenvalue weighted by molar-refractivity contribution is 5.41. The molecule has 0 aromatic heterocycles. The SMILES string of the molecule is CCCCCCOc1ccc(C(C)(C)c2ccc(OCCCCCC)cc2)cc1. The third-order valence-corrected chi connectivity index (χ3v) is 5.69. The van der Waals surface area contributed by atoms with Gasteiger partial charge in [-0.2, -0.15) is 0 Å². The molecule has 29 heavy (non-hydrogen) atoms. The van der Waals surface area contributed by atoms with Gasteiger partial charge >= 0.3 is 0 Å². The van der Waals surface area contributed by atoms with E-state index in [0.29, 0.717) is 0 Å². The third kappa shape index (κ3) is 7.76. The van der Waals surface area contributed by atoms with Gasteiger partial charge in [-0.05, 0) is 48.2 Å². The van der Waals surface area contributed by atoms with Crippen LogP contribution in [0.2, 0.25) is 0 Å². The largest absolute Gasteiger partial charge is 0.494 e. The van der Waals surface area contributed by atoms with Crippen molar-refractivity contribution in [2.24, 2.45) is 0 Å². The minimum absolute atomic E-state index is 0.0562. The van der Waals surface area contributed by atoms with Gasteiger partial charge in [0, 0.05) is 5.41 Å². The normalized spacial score (nSPS) is 11.4. The molecule has 2 aromatic rings. The van der Waals surface area contributed by atoms with Gasteiger partial charge in [0.2, 0.25) is 0 Å². The first-order valence-corrected chi connectivity index (χ1v) is 11.5. The van der Waals surface area contributed by atoms with Gasteiger partial charge in [0.25, 0.3) is 0 Å². The summed E-state index contributed by atoms with van der Waals surface area (Å²) in [4.78, 5) is 0. The number of rotatable bonds is 14. The Balaban J connectivity index is 1.88. The first kappa shape index (κ1) is 23.3. The molecular formula is C27H40O2. The van der Waals surface area contributed by atoms with Gasteiger partial charge < -0.3 is 9.47 Å². The van der Waals surface area contributed by atoms with Crippen molar-refractivity contribution >= 4 is 0 Å². The van der Waals surface area contributed by atoms with Crippen molar-refractivity contribution in [1.82, 2.24) is 0 Å². The average Bonchev–Trinajstić information content (AvgIpc) is 2.74. The summed E-state index contributed by atoms with van der Waals surface area (Å²) in [6.07, 6.45) is 9.87. The molecular weight excluding hydrogens is 356 g/mol. The van der Waals surface area contributed by atoms with Crippen molar-refractivity contribution in [3.63, 3.8) is 0 Å². The minimum Gasteiger partial charge on any atom is -0.494 e. The lowest BCUT2D eigenvalue weighted by Crippen LogP contribution is -2.18. The van der Waals surface area contributed by atoms with Gasteiger partial charge in [-0.25, -0.2) is 0 Å². The van der Waals surface area contributed by atoms with Gasteiger partial charge in [-0.15, -0.1) is 0 Å². The molecule has 2 rings (SSSR count). The summed E-state index contributed by atoms with van der Waals surface area (Å²) < 4.78 is 11.8. The maximum Gasteiger partial charge on any atom is 0.119 e. The minimum atomic E-state index is -0.0562. The van der Waals surface area contributed by atoms with Gasteiger partial charge in [0.1, 0.15) is 11.5 Å². The molecule has 0 aliphatic heterocycles. The van der Waals surface area contributed by atoms with Crippen LogP contribution in [0.1, 0.15) is 90.2 Å². The van der Waals surface area contributed by atoms with Crippen LogP contribution in [0.3, 0.4) is 0 Å². The van der Waals surface area contributed by atoms with E-state index in [1.165, 1.54) is 49.7 Å². The summed E-state index contributed by atoms with van der Waals surface area (Å²) in [5, 5.41) is 0. The molecule has 0 unspecified atom stereocenters. The van der Waals surface area contributed by atoms with E-state index in [1.54, 1.807) is 0 Å². The van der Waals surface area contributed by atoms with Crippen LogP contribution in [0.25, 0.3) is 0 Å². The first-order valence-electron chi connectivity index (χ1n) is 11.5.